The van der Waals surface area contributed by atoms with Gasteiger partial charge in [-0.2, -0.15) is 0 Å². The Hall–Kier alpha value is 0.170. The molecule has 2 atom stereocenters. The molecule has 0 radical (unpaired) electrons. The second kappa shape index (κ2) is 5.91. The number of rotatable bonds is 3. The lowest BCUT2D eigenvalue weighted by atomic mass is 10.2. The van der Waals surface area contributed by atoms with Gasteiger partial charge in [0.2, 0.25) is 0 Å². The Morgan fingerprint density at radius 1 is 1.29 bits per heavy atom. The van der Waals surface area contributed by atoms with Crippen LogP contribution >= 0.6 is 12.4 Å². The number of hydrogen-bond acceptors (Lipinski definition) is 3. The van der Waals surface area contributed by atoms with Crippen LogP contribution in [0.5, 0.6) is 0 Å². The van der Waals surface area contributed by atoms with E-state index in [1.54, 1.807) is 0 Å². The third-order valence-corrected chi connectivity index (χ3v) is 3.33. The van der Waals surface area contributed by atoms with Gasteiger partial charge in [0.1, 0.15) is 0 Å². The van der Waals surface area contributed by atoms with Crippen LogP contribution in [0.15, 0.2) is 0 Å². The molecule has 1 unspecified atom stereocenters. The Morgan fingerprint density at radius 3 is 2.79 bits per heavy atom. The largest absolute Gasteiger partial charge is 0.395 e. The Balaban J connectivity index is 0.000000980. The molecular weight excluding hydrogens is 200 g/mol. The highest BCUT2D eigenvalue weighted by atomic mass is 35.5. The predicted molar refractivity (Wildman–Crippen MR) is 60.0 cm³/mol. The van der Waals surface area contributed by atoms with E-state index in [0.29, 0.717) is 18.7 Å². The highest BCUT2D eigenvalue weighted by Crippen LogP contribution is 2.18. The molecule has 4 heteroatoms. The molecule has 3 nitrogen and oxygen atoms in total. The maximum absolute atomic E-state index is 9.15. The van der Waals surface area contributed by atoms with E-state index >= 15 is 0 Å². The molecule has 84 valence electrons. The fourth-order valence-corrected chi connectivity index (χ4v) is 2.54. The van der Waals surface area contributed by atoms with Crippen molar-refractivity contribution >= 4 is 12.4 Å². The number of halogens is 1. The summed E-state index contributed by atoms with van der Waals surface area (Å²) in [5.74, 6) is 0. The van der Waals surface area contributed by atoms with E-state index in [1.165, 1.54) is 38.8 Å². The van der Waals surface area contributed by atoms with E-state index in [4.69, 9.17) is 5.11 Å². The SMILES string of the molecule is Cl.OCC1CCCN1C[C@@H]1CCCN1. The maximum Gasteiger partial charge on any atom is 0.0586 e. The molecular formula is C10H21ClN2O. The van der Waals surface area contributed by atoms with Crippen LogP contribution in [0.2, 0.25) is 0 Å². The zero-order chi connectivity index (χ0) is 9.10. The lowest BCUT2D eigenvalue weighted by Crippen LogP contribution is -2.41. The molecule has 14 heavy (non-hydrogen) atoms. The standard InChI is InChI=1S/C10H20N2O.ClH/c13-8-10-4-2-6-12(10)7-9-3-1-5-11-9;/h9-11,13H,1-8H2;1H/t9-,10?;/m0./s1. The van der Waals surface area contributed by atoms with Gasteiger partial charge in [0.25, 0.3) is 0 Å². The number of aliphatic hydroxyl groups is 1. The van der Waals surface area contributed by atoms with Crippen molar-refractivity contribution in [3.8, 4) is 0 Å². The van der Waals surface area contributed by atoms with Gasteiger partial charge in [-0.25, -0.2) is 0 Å². The molecule has 2 heterocycles. The predicted octanol–water partition coefficient (Wildman–Crippen LogP) is 0.617. The van der Waals surface area contributed by atoms with Crippen molar-refractivity contribution in [1.82, 2.24) is 10.2 Å². The summed E-state index contributed by atoms with van der Waals surface area (Å²) >= 11 is 0. The molecule has 0 saturated carbocycles. The average Bonchev–Trinajstić information content (AvgIpc) is 2.76. The molecule has 2 rings (SSSR count). The second-order valence-electron chi connectivity index (χ2n) is 4.27. The first-order valence-electron chi connectivity index (χ1n) is 5.48. The van der Waals surface area contributed by atoms with Crippen LogP contribution in [0.4, 0.5) is 0 Å². The van der Waals surface area contributed by atoms with Crippen molar-refractivity contribution in [1.29, 1.82) is 0 Å². The highest BCUT2D eigenvalue weighted by molar-refractivity contribution is 5.85. The van der Waals surface area contributed by atoms with Gasteiger partial charge in [-0.05, 0) is 38.8 Å². The lowest BCUT2D eigenvalue weighted by molar-refractivity contribution is 0.150. The van der Waals surface area contributed by atoms with Crippen LogP contribution in [-0.4, -0.2) is 48.3 Å². The molecule has 0 aromatic heterocycles. The van der Waals surface area contributed by atoms with Gasteiger partial charge in [0, 0.05) is 18.6 Å². The van der Waals surface area contributed by atoms with Gasteiger partial charge in [-0.1, -0.05) is 0 Å². The third-order valence-electron chi connectivity index (χ3n) is 3.33. The molecule has 0 aliphatic carbocycles. The van der Waals surface area contributed by atoms with E-state index in [2.05, 4.69) is 10.2 Å². The minimum atomic E-state index is 0. The summed E-state index contributed by atoms with van der Waals surface area (Å²) in [7, 11) is 0. The Morgan fingerprint density at radius 2 is 2.14 bits per heavy atom. The van der Waals surface area contributed by atoms with E-state index in [1.807, 2.05) is 0 Å². The molecule has 2 saturated heterocycles. The molecule has 2 aliphatic heterocycles. The Kier molecular flexibility index (Phi) is 5.17. The van der Waals surface area contributed by atoms with E-state index < -0.39 is 0 Å². The molecule has 2 fully saturated rings. The van der Waals surface area contributed by atoms with Crippen LogP contribution in [-0.2, 0) is 0 Å². The number of hydrogen-bond donors (Lipinski definition) is 2. The van der Waals surface area contributed by atoms with E-state index in [-0.39, 0.29) is 12.4 Å². The number of nitrogens with zero attached hydrogens (tertiary/aromatic N) is 1. The van der Waals surface area contributed by atoms with E-state index in [9.17, 15) is 0 Å². The minimum Gasteiger partial charge on any atom is -0.395 e. The first kappa shape index (κ1) is 12.2. The van der Waals surface area contributed by atoms with Crippen molar-refractivity contribution in [2.45, 2.75) is 37.8 Å². The topological polar surface area (TPSA) is 35.5 Å². The van der Waals surface area contributed by atoms with E-state index in [0.717, 1.165) is 6.54 Å². The summed E-state index contributed by atoms with van der Waals surface area (Å²) in [6.45, 7) is 3.85. The van der Waals surface area contributed by atoms with Crippen molar-refractivity contribution in [2.24, 2.45) is 0 Å². The first-order valence-corrected chi connectivity index (χ1v) is 5.48. The number of likely N-dealkylation sites (tertiary alicyclic amines) is 1. The number of aliphatic hydroxyl groups excluding tert-OH is 1. The van der Waals surface area contributed by atoms with Gasteiger partial charge >= 0.3 is 0 Å². The van der Waals surface area contributed by atoms with Gasteiger partial charge in [-0.15, -0.1) is 12.4 Å². The Labute approximate surface area is 92.3 Å². The monoisotopic (exact) mass is 220 g/mol. The zero-order valence-electron chi connectivity index (χ0n) is 8.61. The normalized spacial score (nSPS) is 33.2. The average molecular weight is 221 g/mol. The fourth-order valence-electron chi connectivity index (χ4n) is 2.54. The summed E-state index contributed by atoms with van der Waals surface area (Å²) in [5.41, 5.74) is 0. The van der Waals surface area contributed by atoms with Crippen LogP contribution in [0.1, 0.15) is 25.7 Å². The second-order valence-corrected chi connectivity index (χ2v) is 4.27. The van der Waals surface area contributed by atoms with Crippen LogP contribution in [0.3, 0.4) is 0 Å². The number of nitrogens with one attached hydrogen (secondary N) is 1. The first-order chi connectivity index (χ1) is 6.40. The van der Waals surface area contributed by atoms with Gasteiger partial charge < -0.3 is 10.4 Å². The van der Waals surface area contributed by atoms with Crippen molar-refractivity contribution < 1.29 is 5.11 Å². The quantitative estimate of drug-likeness (QED) is 0.732. The molecule has 2 aliphatic rings. The molecule has 0 aromatic carbocycles. The summed E-state index contributed by atoms with van der Waals surface area (Å²) in [6, 6.07) is 1.13. The summed E-state index contributed by atoms with van der Waals surface area (Å²) < 4.78 is 0. The van der Waals surface area contributed by atoms with Crippen LogP contribution < -0.4 is 5.32 Å². The molecule has 0 spiro atoms. The van der Waals surface area contributed by atoms with Crippen molar-refractivity contribution in [2.75, 3.05) is 26.2 Å². The minimum absolute atomic E-state index is 0. The third kappa shape index (κ3) is 2.83. The molecule has 0 bridgehead atoms. The van der Waals surface area contributed by atoms with Gasteiger partial charge in [-0.3, -0.25) is 4.90 Å². The summed E-state index contributed by atoms with van der Waals surface area (Å²) in [5, 5.41) is 12.7. The van der Waals surface area contributed by atoms with Crippen LogP contribution in [0, 0.1) is 0 Å². The lowest BCUT2D eigenvalue weighted by Gasteiger charge is -2.25. The molecule has 0 aromatic rings. The van der Waals surface area contributed by atoms with Crippen molar-refractivity contribution in [3.05, 3.63) is 0 Å². The summed E-state index contributed by atoms with van der Waals surface area (Å²) in [6.07, 6.45) is 5.08. The molecule has 2 N–H and O–H groups in total. The van der Waals surface area contributed by atoms with Gasteiger partial charge in [0.05, 0.1) is 6.61 Å². The van der Waals surface area contributed by atoms with Crippen molar-refractivity contribution in [3.63, 3.8) is 0 Å². The zero-order valence-corrected chi connectivity index (χ0v) is 9.43. The smallest absolute Gasteiger partial charge is 0.0586 e. The Bertz CT molecular complexity index is 162. The molecule has 0 amide bonds. The summed E-state index contributed by atoms with van der Waals surface area (Å²) in [4.78, 5) is 2.45. The maximum atomic E-state index is 9.15. The van der Waals surface area contributed by atoms with Gasteiger partial charge in [0.15, 0.2) is 0 Å². The highest BCUT2D eigenvalue weighted by Gasteiger charge is 2.26. The fraction of sp³-hybridized carbons (Fsp3) is 1.00. The van der Waals surface area contributed by atoms with Crippen LogP contribution in [0.25, 0.3) is 0 Å².